The van der Waals surface area contributed by atoms with Crippen LogP contribution in [0.2, 0.25) is 0 Å². The molecule has 41 heavy (non-hydrogen) atoms. The number of nitrogens with zero attached hydrogens (tertiary/aromatic N) is 6. The van der Waals surface area contributed by atoms with Crippen molar-refractivity contribution in [3.8, 4) is 22.6 Å². The van der Waals surface area contributed by atoms with Gasteiger partial charge in [-0.1, -0.05) is 18.7 Å². The van der Waals surface area contributed by atoms with Gasteiger partial charge in [0.15, 0.2) is 0 Å². The average Bonchev–Trinajstić information content (AvgIpc) is 3.66. The molecule has 0 aliphatic carbocycles. The standard InChI is InChI=1S/C31H28F2N6OS/c1-6-28(40)39-17(2)16-38-27(19(39)4)15-26(36-38)30-24(14-21(33)9-11-32)31-23(10-12-41-31)29(34-30)20-7-8-22-18(3)37(5)35-25(22)13-20/h6-15,17,19H,1,16H2,2-5H3/b11-9+,21-14?/t17-,19+/m0/s1. The Kier molecular flexibility index (Phi) is 6.65. The van der Waals surface area contributed by atoms with Crippen LogP contribution in [0.1, 0.15) is 36.8 Å². The normalized spacial score (nSPS) is 17.6. The first-order valence-electron chi connectivity index (χ1n) is 13.2. The summed E-state index contributed by atoms with van der Waals surface area (Å²) in [5, 5.41) is 13.4. The number of pyridine rings is 1. The number of halogens is 2. The molecule has 1 aliphatic rings. The highest BCUT2D eigenvalue weighted by Crippen LogP contribution is 2.41. The number of carbonyl (C=O) groups excluding carboxylic acids is 1. The van der Waals surface area contributed by atoms with Crippen LogP contribution >= 0.6 is 11.3 Å². The van der Waals surface area contributed by atoms with Gasteiger partial charge in [0, 0.05) is 51.5 Å². The second-order valence-corrected chi connectivity index (χ2v) is 11.2. The molecule has 0 bridgehead atoms. The third kappa shape index (κ3) is 4.39. The molecule has 7 nitrogen and oxygen atoms in total. The summed E-state index contributed by atoms with van der Waals surface area (Å²) in [6.07, 6.45) is 3.56. The Balaban J connectivity index is 1.59. The van der Waals surface area contributed by atoms with Crippen molar-refractivity contribution in [3.63, 3.8) is 0 Å². The van der Waals surface area contributed by atoms with E-state index in [0.29, 0.717) is 23.5 Å². The second-order valence-electron chi connectivity index (χ2n) is 10.3. The number of amides is 1. The minimum atomic E-state index is -0.739. The Hall–Kier alpha value is -4.44. The number of thiophene rings is 1. The largest absolute Gasteiger partial charge is 0.326 e. The summed E-state index contributed by atoms with van der Waals surface area (Å²) in [6, 6.07) is 9.57. The van der Waals surface area contributed by atoms with Crippen molar-refractivity contribution in [1.82, 2.24) is 29.4 Å². The highest BCUT2D eigenvalue weighted by Gasteiger charge is 2.34. The van der Waals surface area contributed by atoms with Crippen LogP contribution < -0.4 is 0 Å². The molecular weight excluding hydrogens is 542 g/mol. The lowest BCUT2D eigenvalue weighted by Crippen LogP contribution is -2.46. The fourth-order valence-corrected chi connectivity index (χ4v) is 6.64. The average molecular weight is 571 g/mol. The highest BCUT2D eigenvalue weighted by molar-refractivity contribution is 7.17. The molecule has 4 aromatic heterocycles. The minimum absolute atomic E-state index is 0.0981. The molecule has 0 unspecified atom stereocenters. The number of aromatic nitrogens is 5. The Labute approximate surface area is 239 Å². The van der Waals surface area contributed by atoms with Gasteiger partial charge in [0.1, 0.15) is 17.2 Å². The molecule has 0 fully saturated rings. The summed E-state index contributed by atoms with van der Waals surface area (Å²) >= 11 is 1.46. The molecule has 1 amide bonds. The van der Waals surface area contributed by atoms with Crippen molar-refractivity contribution in [2.45, 2.75) is 39.4 Å². The lowest BCUT2D eigenvalue weighted by molar-refractivity contribution is -0.131. The molecule has 0 spiro atoms. The Morgan fingerprint density at radius 1 is 1.15 bits per heavy atom. The summed E-state index contributed by atoms with van der Waals surface area (Å²) in [5.74, 6) is -0.889. The minimum Gasteiger partial charge on any atom is -0.326 e. The fourth-order valence-electron chi connectivity index (χ4n) is 5.72. The molecule has 0 saturated carbocycles. The highest BCUT2D eigenvalue weighted by atomic mass is 32.1. The second kappa shape index (κ2) is 10.2. The van der Waals surface area contributed by atoms with E-state index in [9.17, 15) is 13.6 Å². The Bertz CT molecular complexity index is 1910. The van der Waals surface area contributed by atoms with Crippen LogP contribution in [-0.2, 0) is 18.4 Å². The number of fused-ring (bicyclic) bond motifs is 3. The quantitative estimate of drug-likeness (QED) is 0.164. The van der Waals surface area contributed by atoms with E-state index in [1.807, 2.05) is 72.9 Å². The maximum Gasteiger partial charge on any atom is 0.246 e. The summed E-state index contributed by atoms with van der Waals surface area (Å²) in [7, 11) is 1.91. The number of rotatable bonds is 5. The molecule has 0 saturated heterocycles. The monoisotopic (exact) mass is 570 g/mol. The molecule has 208 valence electrons. The smallest absolute Gasteiger partial charge is 0.246 e. The first kappa shape index (κ1) is 26.8. The molecule has 2 atom stereocenters. The zero-order valence-electron chi connectivity index (χ0n) is 23.1. The summed E-state index contributed by atoms with van der Waals surface area (Å²) in [6.45, 7) is 10.1. The Morgan fingerprint density at radius 2 is 1.95 bits per heavy atom. The van der Waals surface area contributed by atoms with Crippen molar-refractivity contribution < 1.29 is 13.6 Å². The van der Waals surface area contributed by atoms with E-state index in [1.54, 1.807) is 4.90 Å². The third-order valence-corrected chi connectivity index (χ3v) is 8.74. The van der Waals surface area contributed by atoms with E-state index in [0.717, 1.165) is 49.7 Å². The first-order valence-corrected chi connectivity index (χ1v) is 14.1. The van der Waals surface area contributed by atoms with Crippen molar-refractivity contribution in [3.05, 3.63) is 83.6 Å². The van der Waals surface area contributed by atoms with Crippen LogP contribution in [-0.4, -0.2) is 41.4 Å². The number of aryl methyl sites for hydroxylation is 2. The third-order valence-electron chi connectivity index (χ3n) is 7.79. The van der Waals surface area contributed by atoms with Crippen LogP contribution in [0.5, 0.6) is 0 Å². The summed E-state index contributed by atoms with van der Waals surface area (Å²) in [5.41, 5.74) is 5.87. The van der Waals surface area contributed by atoms with E-state index in [1.165, 1.54) is 23.5 Å². The van der Waals surface area contributed by atoms with Crippen LogP contribution in [0.3, 0.4) is 0 Å². The van der Waals surface area contributed by atoms with Gasteiger partial charge >= 0.3 is 0 Å². The van der Waals surface area contributed by atoms with Gasteiger partial charge in [-0.15, -0.1) is 11.3 Å². The zero-order chi connectivity index (χ0) is 29.0. The predicted molar refractivity (Wildman–Crippen MR) is 160 cm³/mol. The molecule has 5 heterocycles. The summed E-state index contributed by atoms with van der Waals surface area (Å²) < 4.78 is 32.2. The maximum absolute atomic E-state index is 14.8. The van der Waals surface area contributed by atoms with Crippen molar-refractivity contribution in [2.75, 3.05) is 0 Å². The van der Waals surface area contributed by atoms with E-state index in [2.05, 4.69) is 11.7 Å². The number of carbonyl (C=O) groups is 1. The molecule has 0 N–H and O–H groups in total. The van der Waals surface area contributed by atoms with Gasteiger partial charge in [-0.3, -0.25) is 14.2 Å². The van der Waals surface area contributed by atoms with Crippen LogP contribution in [0.4, 0.5) is 8.78 Å². The van der Waals surface area contributed by atoms with Gasteiger partial charge in [-0.05, 0) is 56.5 Å². The summed E-state index contributed by atoms with van der Waals surface area (Å²) in [4.78, 5) is 19.5. The van der Waals surface area contributed by atoms with Crippen molar-refractivity contribution in [1.29, 1.82) is 0 Å². The molecule has 10 heteroatoms. The lowest BCUT2D eigenvalue weighted by atomic mass is 10.0. The van der Waals surface area contributed by atoms with E-state index in [4.69, 9.17) is 10.1 Å². The number of allylic oxidation sites excluding steroid dienone is 2. The van der Waals surface area contributed by atoms with Crippen LogP contribution in [0, 0.1) is 6.92 Å². The number of benzene rings is 1. The predicted octanol–water partition coefficient (Wildman–Crippen LogP) is 7.29. The lowest BCUT2D eigenvalue weighted by Gasteiger charge is -2.38. The van der Waals surface area contributed by atoms with Gasteiger partial charge in [0.2, 0.25) is 5.91 Å². The molecule has 1 aromatic carbocycles. The van der Waals surface area contributed by atoms with Crippen molar-refractivity contribution >= 4 is 44.3 Å². The Morgan fingerprint density at radius 3 is 2.71 bits per heavy atom. The molecular formula is C31H28F2N6OS. The van der Waals surface area contributed by atoms with Gasteiger partial charge in [-0.25, -0.2) is 13.8 Å². The van der Waals surface area contributed by atoms with E-state index < -0.39 is 5.83 Å². The van der Waals surface area contributed by atoms with Crippen LogP contribution in [0.25, 0.3) is 49.7 Å². The van der Waals surface area contributed by atoms with Gasteiger partial charge in [-0.2, -0.15) is 10.2 Å². The number of hydrogen-bond donors (Lipinski definition) is 0. The van der Waals surface area contributed by atoms with Crippen LogP contribution in [0.15, 0.2) is 66.6 Å². The number of hydrogen-bond acceptors (Lipinski definition) is 5. The van der Waals surface area contributed by atoms with E-state index >= 15 is 0 Å². The van der Waals surface area contributed by atoms with Gasteiger partial charge in [0.05, 0.1) is 35.8 Å². The molecule has 5 aromatic rings. The molecule has 0 radical (unpaired) electrons. The molecule has 1 aliphatic heterocycles. The van der Waals surface area contributed by atoms with E-state index in [-0.39, 0.29) is 24.3 Å². The first-order chi connectivity index (χ1) is 19.7. The topological polar surface area (TPSA) is 68.8 Å². The van der Waals surface area contributed by atoms with Crippen molar-refractivity contribution in [2.24, 2.45) is 7.05 Å². The SMILES string of the molecule is C=CC(=O)N1[C@H](C)c2cc(-c3nc(-c4ccc5c(C)n(C)nc5c4)c4ccsc4c3C=C(F)/C=C/F)nn2C[C@@H]1C. The van der Waals surface area contributed by atoms with Gasteiger partial charge in [0.25, 0.3) is 0 Å². The fraction of sp³-hybridized carbons (Fsp3) is 0.226. The van der Waals surface area contributed by atoms with Gasteiger partial charge < -0.3 is 4.90 Å². The molecule has 6 rings (SSSR count). The maximum atomic E-state index is 14.8. The zero-order valence-corrected chi connectivity index (χ0v) is 23.9.